The second-order valence-corrected chi connectivity index (χ2v) is 13.2. The van der Waals surface area contributed by atoms with Gasteiger partial charge in [-0.15, -0.1) is 0 Å². The average molecular weight is 419 g/mol. The van der Waals surface area contributed by atoms with Gasteiger partial charge in [0, 0.05) is 0 Å². The molecule has 0 aliphatic heterocycles. The van der Waals surface area contributed by atoms with Gasteiger partial charge < -0.3 is 10.2 Å². The van der Waals surface area contributed by atoms with E-state index < -0.39 is 0 Å². The molecule has 0 heterocycles. The number of hydrogen-bond acceptors (Lipinski definition) is 2. The summed E-state index contributed by atoms with van der Waals surface area (Å²) in [5.41, 5.74) is 0.472. The monoisotopic (exact) mass is 418 g/mol. The van der Waals surface area contributed by atoms with Crippen molar-refractivity contribution in [2.45, 2.75) is 118 Å². The van der Waals surface area contributed by atoms with Gasteiger partial charge in [0.2, 0.25) is 0 Å². The Kier molecular flexibility index (Phi) is 6.44. The van der Waals surface area contributed by atoms with Gasteiger partial charge in [-0.2, -0.15) is 0 Å². The van der Waals surface area contributed by atoms with Crippen molar-refractivity contribution in [1.82, 2.24) is 0 Å². The molecule has 0 amide bonds. The highest BCUT2D eigenvalue weighted by Gasteiger charge is 2.63. The van der Waals surface area contributed by atoms with E-state index in [9.17, 15) is 10.2 Å². The minimum Gasteiger partial charge on any atom is -0.393 e. The van der Waals surface area contributed by atoms with Crippen LogP contribution in [0.4, 0.5) is 0 Å². The zero-order chi connectivity index (χ0) is 21.8. The van der Waals surface area contributed by atoms with Crippen molar-refractivity contribution in [3.63, 3.8) is 0 Å². The fraction of sp³-hybridized carbons (Fsp3) is 1.00. The summed E-state index contributed by atoms with van der Waals surface area (Å²) in [7, 11) is 0. The highest BCUT2D eigenvalue weighted by Crippen LogP contribution is 2.68. The molecule has 4 saturated carbocycles. The molecule has 2 heteroatoms. The highest BCUT2D eigenvalue weighted by atomic mass is 16.3. The fourth-order valence-electron chi connectivity index (χ4n) is 9.22. The number of aliphatic hydroxyl groups excluding tert-OH is 2. The Balaban J connectivity index is 1.51. The Bertz CT molecular complexity index is 601. The smallest absolute Gasteiger partial charge is 0.0602 e. The summed E-state index contributed by atoms with van der Waals surface area (Å²) < 4.78 is 0. The van der Waals surface area contributed by atoms with Crippen molar-refractivity contribution in [1.29, 1.82) is 0 Å². The summed E-state index contributed by atoms with van der Waals surface area (Å²) in [6.45, 7) is 14.6. The molecule has 0 spiro atoms. The molecule has 0 bridgehead atoms. The van der Waals surface area contributed by atoms with Crippen molar-refractivity contribution >= 4 is 0 Å². The fourth-order valence-corrected chi connectivity index (χ4v) is 9.22. The number of rotatable bonds is 5. The van der Waals surface area contributed by atoms with Gasteiger partial charge in [-0.3, -0.25) is 0 Å². The van der Waals surface area contributed by atoms with Gasteiger partial charge in [-0.25, -0.2) is 0 Å². The van der Waals surface area contributed by atoms with E-state index in [1.165, 1.54) is 44.9 Å². The first-order valence-electron chi connectivity index (χ1n) is 13.4. The quantitative estimate of drug-likeness (QED) is 0.522. The predicted octanol–water partition coefficient (Wildman–Crippen LogP) is 6.69. The summed E-state index contributed by atoms with van der Waals surface area (Å²) in [5, 5.41) is 21.9. The van der Waals surface area contributed by atoms with Crippen molar-refractivity contribution in [3.05, 3.63) is 0 Å². The Morgan fingerprint density at radius 1 is 0.833 bits per heavy atom. The lowest BCUT2D eigenvalue weighted by atomic mass is 9.43. The topological polar surface area (TPSA) is 40.5 Å². The Morgan fingerprint density at radius 2 is 1.57 bits per heavy atom. The van der Waals surface area contributed by atoms with Gasteiger partial charge in [0.05, 0.1) is 12.2 Å². The van der Waals surface area contributed by atoms with Crippen LogP contribution in [0.15, 0.2) is 0 Å². The molecule has 4 fully saturated rings. The second-order valence-electron chi connectivity index (χ2n) is 13.2. The predicted molar refractivity (Wildman–Crippen MR) is 125 cm³/mol. The van der Waals surface area contributed by atoms with Crippen molar-refractivity contribution in [2.75, 3.05) is 0 Å². The average Bonchev–Trinajstić information content (AvgIpc) is 3.06. The summed E-state index contributed by atoms with van der Waals surface area (Å²) in [6, 6.07) is 0. The SMILES string of the molecule is CC(C)[C@@H](C)CC[C@@H](C)[C@H]1CC[C@H]2[C@@H]3CC[C@@H]4C[C@@H](O)CC[C@]4(C)[C@H]3C[C@H](O)[C@]12C. The van der Waals surface area contributed by atoms with E-state index in [1.807, 2.05) is 0 Å². The molecule has 0 saturated heterocycles. The zero-order valence-electron chi connectivity index (χ0n) is 20.7. The third-order valence-electron chi connectivity index (χ3n) is 11.7. The normalized spacial score (nSPS) is 50.5. The maximum Gasteiger partial charge on any atom is 0.0602 e. The molecule has 0 aromatic heterocycles. The molecule has 2 N–H and O–H groups in total. The van der Waals surface area contributed by atoms with Crippen LogP contribution >= 0.6 is 0 Å². The van der Waals surface area contributed by atoms with Crippen LogP contribution in [0.3, 0.4) is 0 Å². The minimum absolute atomic E-state index is 0.0802. The largest absolute Gasteiger partial charge is 0.393 e. The van der Waals surface area contributed by atoms with Crippen LogP contribution in [0, 0.1) is 58.2 Å². The standard InChI is InChI=1S/C28H50O2/c1-17(2)18(3)7-8-19(4)23-11-12-24-22-10-9-20-15-21(29)13-14-27(20,5)25(22)16-26(30)28(23,24)6/h17-26,29-30H,7-16H2,1-6H3/t18-,19+,20+,21-,22-,23+,24-,25-,26-,27-,28+/m0/s1. The Morgan fingerprint density at radius 3 is 2.27 bits per heavy atom. The van der Waals surface area contributed by atoms with Crippen LogP contribution < -0.4 is 0 Å². The van der Waals surface area contributed by atoms with Crippen LogP contribution in [0.1, 0.15) is 106 Å². The molecule has 4 aliphatic carbocycles. The second kappa shape index (κ2) is 8.36. The van der Waals surface area contributed by atoms with E-state index in [4.69, 9.17) is 0 Å². The van der Waals surface area contributed by atoms with E-state index in [0.717, 1.165) is 42.9 Å². The van der Waals surface area contributed by atoms with Gasteiger partial charge >= 0.3 is 0 Å². The molecule has 30 heavy (non-hydrogen) atoms. The zero-order valence-corrected chi connectivity index (χ0v) is 20.7. The lowest BCUT2D eigenvalue weighted by molar-refractivity contribution is -0.175. The Hall–Kier alpha value is -0.0800. The number of hydrogen-bond donors (Lipinski definition) is 2. The van der Waals surface area contributed by atoms with Gasteiger partial charge in [0.1, 0.15) is 0 Å². The summed E-state index contributed by atoms with van der Waals surface area (Å²) in [6.07, 6.45) is 11.9. The van der Waals surface area contributed by atoms with Crippen LogP contribution in [0.25, 0.3) is 0 Å². The van der Waals surface area contributed by atoms with E-state index in [0.29, 0.717) is 29.1 Å². The van der Waals surface area contributed by atoms with Crippen molar-refractivity contribution in [2.24, 2.45) is 58.2 Å². The third kappa shape index (κ3) is 3.60. The molecular formula is C28H50O2. The summed E-state index contributed by atoms with van der Waals surface area (Å²) in [4.78, 5) is 0. The van der Waals surface area contributed by atoms with Crippen LogP contribution in [-0.4, -0.2) is 22.4 Å². The minimum atomic E-state index is -0.136. The maximum absolute atomic E-state index is 11.7. The highest BCUT2D eigenvalue weighted by molar-refractivity contribution is 5.12. The summed E-state index contributed by atoms with van der Waals surface area (Å²) >= 11 is 0. The molecule has 2 nitrogen and oxygen atoms in total. The molecule has 4 aliphatic rings. The number of aliphatic hydroxyl groups is 2. The van der Waals surface area contributed by atoms with Gasteiger partial charge in [-0.05, 0) is 110 Å². The first kappa shape index (κ1) is 23.1. The molecular weight excluding hydrogens is 368 g/mol. The van der Waals surface area contributed by atoms with E-state index in [1.54, 1.807) is 0 Å². The molecule has 0 unspecified atom stereocenters. The third-order valence-corrected chi connectivity index (χ3v) is 11.7. The molecule has 11 atom stereocenters. The Labute approximate surface area is 186 Å². The molecule has 0 radical (unpaired) electrons. The molecule has 4 rings (SSSR count). The first-order chi connectivity index (χ1) is 14.1. The van der Waals surface area contributed by atoms with Crippen LogP contribution in [0.5, 0.6) is 0 Å². The van der Waals surface area contributed by atoms with E-state index >= 15 is 0 Å². The molecule has 174 valence electrons. The summed E-state index contributed by atoms with van der Waals surface area (Å²) in [5.74, 6) is 5.86. The van der Waals surface area contributed by atoms with E-state index in [2.05, 4.69) is 41.5 Å². The lowest BCUT2D eigenvalue weighted by Crippen LogP contribution is -2.58. The first-order valence-corrected chi connectivity index (χ1v) is 13.4. The van der Waals surface area contributed by atoms with Gasteiger partial charge in [-0.1, -0.05) is 54.4 Å². The van der Waals surface area contributed by atoms with Crippen LogP contribution in [0.2, 0.25) is 0 Å². The molecule has 0 aromatic carbocycles. The lowest BCUT2D eigenvalue weighted by Gasteiger charge is -2.62. The van der Waals surface area contributed by atoms with Crippen molar-refractivity contribution in [3.8, 4) is 0 Å². The van der Waals surface area contributed by atoms with E-state index in [-0.39, 0.29) is 17.6 Å². The van der Waals surface area contributed by atoms with Gasteiger partial charge in [0.15, 0.2) is 0 Å². The number of fused-ring (bicyclic) bond motifs is 5. The van der Waals surface area contributed by atoms with Crippen LogP contribution in [-0.2, 0) is 0 Å². The van der Waals surface area contributed by atoms with Gasteiger partial charge in [0.25, 0.3) is 0 Å². The maximum atomic E-state index is 11.7. The molecule has 0 aromatic rings. The van der Waals surface area contributed by atoms with Crippen molar-refractivity contribution < 1.29 is 10.2 Å².